The van der Waals surface area contributed by atoms with Gasteiger partial charge in [-0.15, -0.1) is 0 Å². The van der Waals surface area contributed by atoms with E-state index >= 15 is 0 Å². The van der Waals surface area contributed by atoms with Gasteiger partial charge in [0.05, 0.1) is 16.5 Å². The summed E-state index contributed by atoms with van der Waals surface area (Å²) in [6.07, 6.45) is 1.88. The summed E-state index contributed by atoms with van der Waals surface area (Å²) in [4.78, 5) is 35.7. The lowest BCUT2D eigenvalue weighted by molar-refractivity contribution is -0.384. The highest BCUT2D eigenvalue weighted by Gasteiger charge is 2.34. The van der Waals surface area contributed by atoms with E-state index in [0.717, 1.165) is 31.0 Å². The molecule has 1 heterocycles. The van der Waals surface area contributed by atoms with Crippen LogP contribution in [0.25, 0.3) is 0 Å². The molecule has 1 saturated heterocycles. The van der Waals surface area contributed by atoms with Gasteiger partial charge in [-0.2, -0.15) is 0 Å². The fraction of sp³-hybridized carbons (Fsp3) is 0.467. The minimum atomic E-state index is -0.754. The molecule has 1 atom stereocenters. The smallest absolute Gasteiger partial charge is 0.271 e. The molecule has 1 aromatic rings. The van der Waals surface area contributed by atoms with Crippen LogP contribution in [-0.4, -0.2) is 34.7 Å². The fourth-order valence-corrected chi connectivity index (χ4v) is 2.47. The summed E-state index contributed by atoms with van der Waals surface area (Å²) < 4.78 is 13.7. The van der Waals surface area contributed by atoms with Crippen LogP contribution < -0.4 is 5.32 Å². The molecular weight excluding hydrogens is 305 g/mol. The van der Waals surface area contributed by atoms with Crippen LogP contribution in [-0.2, 0) is 9.59 Å². The molecule has 2 rings (SSSR count). The highest BCUT2D eigenvalue weighted by atomic mass is 19.1. The number of non-ortho nitro benzene ring substituents is 1. The first-order valence-corrected chi connectivity index (χ1v) is 7.45. The molecule has 7 nitrogen and oxygen atoms in total. The summed E-state index contributed by atoms with van der Waals surface area (Å²) in [5.41, 5.74) is -0.558. The molecule has 124 valence electrons. The number of benzene rings is 1. The number of carbonyl (C=O) groups excluding carboxylic acids is 2. The van der Waals surface area contributed by atoms with E-state index in [4.69, 9.17) is 0 Å². The van der Waals surface area contributed by atoms with Crippen molar-refractivity contribution in [2.75, 3.05) is 18.4 Å². The Labute approximate surface area is 132 Å². The van der Waals surface area contributed by atoms with E-state index in [2.05, 4.69) is 5.32 Å². The molecule has 0 spiro atoms. The number of unbranched alkanes of at least 4 members (excludes halogenated alkanes) is 1. The fourth-order valence-electron chi connectivity index (χ4n) is 2.47. The average molecular weight is 323 g/mol. The Morgan fingerprint density at radius 3 is 2.91 bits per heavy atom. The van der Waals surface area contributed by atoms with Crippen molar-refractivity contribution in [2.45, 2.75) is 26.2 Å². The number of amides is 2. The molecule has 0 aliphatic carbocycles. The SMILES string of the molecule is CCCCN1C[C@@H](C(=O)Nc2cc([N+](=O)[O-])ccc2F)CC1=O. The van der Waals surface area contributed by atoms with Gasteiger partial charge in [-0.25, -0.2) is 4.39 Å². The van der Waals surface area contributed by atoms with E-state index in [9.17, 15) is 24.1 Å². The zero-order chi connectivity index (χ0) is 17.0. The van der Waals surface area contributed by atoms with Crippen molar-refractivity contribution >= 4 is 23.2 Å². The Morgan fingerprint density at radius 2 is 2.26 bits per heavy atom. The number of anilines is 1. The van der Waals surface area contributed by atoms with E-state index in [0.29, 0.717) is 13.1 Å². The summed E-state index contributed by atoms with van der Waals surface area (Å²) in [5, 5.41) is 13.1. The van der Waals surface area contributed by atoms with Gasteiger partial charge in [-0.05, 0) is 12.5 Å². The van der Waals surface area contributed by atoms with Gasteiger partial charge in [0.25, 0.3) is 5.69 Å². The van der Waals surface area contributed by atoms with Crippen LogP contribution >= 0.6 is 0 Å². The first kappa shape index (κ1) is 16.9. The molecule has 0 bridgehead atoms. The lowest BCUT2D eigenvalue weighted by Crippen LogP contribution is -2.29. The molecule has 1 aliphatic rings. The molecule has 2 amide bonds. The van der Waals surface area contributed by atoms with Crippen LogP contribution in [0.4, 0.5) is 15.8 Å². The maximum atomic E-state index is 13.7. The lowest BCUT2D eigenvalue weighted by atomic mass is 10.1. The molecular formula is C15H18FN3O4. The first-order chi connectivity index (χ1) is 10.9. The average Bonchev–Trinajstić information content (AvgIpc) is 2.88. The number of nitro benzene ring substituents is 1. The lowest BCUT2D eigenvalue weighted by Gasteiger charge is -2.16. The van der Waals surface area contributed by atoms with Gasteiger partial charge in [-0.1, -0.05) is 13.3 Å². The Morgan fingerprint density at radius 1 is 1.52 bits per heavy atom. The molecule has 1 N–H and O–H groups in total. The van der Waals surface area contributed by atoms with E-state index in [1.54, 1.807) is 4.90 Å². The third-order valence-corrected chi connectivity index (χ3v) is 3.79. The monoisotopic (exact) mass is 323 g/mol. The van der Waals surface area contributed by atoms with Crippen LogP contribution in [0.3, 0.4) is 0 Å². The minimum absolute atomic E-state index is 0.0755. The number of halogens is 1. The van der Waals surface area contributed by atoms with E-state index in [1.807, 2.05) is 6.92 Å². The quantitative estimate of drug-likeness (QED) is 0.642. The summed E-state index contributed by atoms with van der Waals surface area (Å²) in [6.45, 7) is 2.90. The largest absolute Gasteiger partial charge is 0.342 e. The number of carbonyl (C=O) groups is 2. The number of rotatable bonds is 6. The Hall–Kier alpha value is -2.51. The Kier molecular flexibility index (Phi) is 5.25. The third-order valence-electron chi connectivity index (χ3n) is 3.79. The van der Waals surface area contributed by atoms with Crippen molar-refractivity contribution in [1.29, 1.82) is 0 Å². The van der Waals surface area contributed by atoms with Gasteiger partial charge in [0.15, 0.2) is 0 Å². The van der Waals surface area contributed by atoms with Gasteiger partial charge >= 0.3 is 0 Å². The van der Waals surface area contributed by atoms with Crippen molar-refractivity contribution in [1.82, 2.24) is 4.90 Å². The van der Waals surface area contributed by atoms with E-state index < -0.39 is 22.6 Å². The molecule has 23 heavy (non-hydrogen) atoms. The predicted octanol–water partition coefficient (Wildman–Crippen LogP) is 2.32. The van der Waals surface area contributed by atoms with E-state index in [1.165, 1.54) is 0 Å². The topological polar surface area (TPSA) is 92.6 Å². The number of likely N-dealkylation sites (tertiary alicyclic amines) is 1. The number of nitrogens with one attached hydrogen (secondary N) is 1. The van der Waals surface area contributed by atoms with Crippen LogP contribution in [0, 0.1) is 21.8 Å². The predicted molar refractivity (Wildman–Crippen MR) is 81.3 cm³/mol. The second kappa shape index (κ2) is 7.17. The van der Waals surface area contributed by atoms with Crippen LogP contribution in [0.15, 0.2) is 18.2 Å². The molecule has 1 aromatic carbocycles. The molecule has 0 saturated carbocycles. The number of hydrogen-bond acceptors (Lipinski definition) is 4. The molecule has 0 aromatic heterocycles. The van der Waals surface area contributed by atoms with E-state index in [-0.39, 0.29) is 23.7 Å². The molecule has 1 aliphatic heterocycles. The molecule has 8 heteroatoms. The van der Waals surface area contributed by atoms with Crippen molar-refractivity contribution in [3.05, 3.63) is 34.1 Å². The highest BCUT2D eigenvalue weighted by molar-refractivity contribution is 5.97. The van der Waals surface area contributed by atoms with Gasteiger partial charge in [0.1, 0.15) is 5.82 Å². The summed E-state index contributed by atoms with van der Waals surface area (Å²) in [6, 6.07) is 2.93. The normalized spacial score (nSPS) is 17.4. The molecule has 1 fully saturated rings. The van der Waals surface area contributed by atoms with Crippen molar-refractivity contribution < 1.29 is 18.9 Å². The summed E-state index contributed by atoms with van der Waals surface area (Å²) >= 11 is 0. The van der Waals surface area contributed by atoms with Gasteiger partial charge in [0, 0.05) is 31.6 Å². The zero-order valence-corrected chi connectivity index (χ0v) is 12.8. The maximum absolute atomic E-state index is 13.7. The number of nitro groups is 1. The standard InChI is InChI=1S/C15H18FN3O4/c1-2-3-6-18-9-10(7-14(18)20)15(21)17-13-8-11(19(22)23)4-5-12(13)16/h4-5,8,10H,2-3,6-7,9H2,1H3,(H,17,21)/t10-/m0/s1. The minimum Gasteiger partial charge on any atom is -0.342 e. The third kappa shape index (κ3) is 4.02. The highest BCUT2D eigenvalue weighted by Crippen LogP contribution is 2.24. The molecule has 0 radical (unpaired) electrons. The molecule has 0 unspecified atom stereocenters. The van der Waals surface area contributed by atoms with Crippen molar-refractivity contribution in [3.63, 3.8) is 0 Å². The first-order valence-electron chi connectivity index (χ1n) is 7.45. The van der Waals surface area contributed by atoms with Gasteiger partial charge in [-0.3, -0.25) is 19.7 Å². The van der Waals surface area contributed by atoms with Gasteiger partial charge < -0.3 is 10.2 Å². The second-order valence-corrected chi connectivity index (χ2v) is 5.50. The Balaban J connectivity index is 2.04. The number of hydrogen-bond donors (Lipinski definition) is 1. The van der Waals surface area contributed by atoms with Crippen LogP contribution in [0.5, 0.6) is 0 Å². The van der Waals surface area contributed by atoms with Crippen molar-refractivity contribution in [2.24, 2.45) is 5.92 Å². The second-order valence-electron chi connectivity index (χ2n) is 5.50. The van der Waals surface area contributed by atoms with Gasteiger partial charge in [0.2, 0.25) is 11.8 Å². The summed E-state index contributed by atoms with van der Waals surface area (Å²) in [7, 11) is 0. The number of nitrogens with zero attached hydrogens (tertiary/aromatic N) is 2. The van der Waals surface area contributed by atoms with Crippen LogP contribution in [0.2, 0.25) is 0 Å². The summed E-state index contributed by atoms with van der Waals surface area (Å²) in [5.74, 6) is -1.93. The maximum Gasteiger partial charge on any atom is 0.271 e. The zero-order valence-electron chi connectivity index (χ0n) is 12.8. The van der Waals surface area contributed by atoms with Crippen LogP contribution in [0.1, 0.15) is 26.2 Å². The Bertz CT molecular complexity index is 635. The van der Waals surface area contributed by atoms with Crippen molar-refractivity contribution in [3.8, 4) is 0 Å².